The summed E-state index contributed by atoms with van der Waals surface area (Å²) in [6.07, 6.45) is 2.45. The van der Waals surface area contributed by atoms with Gasteiger partial charge in [-0.1, -0.05) is 29.8 Å². The van der Waals surface area contributed by atoms with Crippen LogP contribution in [-0.4, -0.2) is 48.9 Å². The van der Waals surface area contributed by atoms with Crippen LogP contribution in [0.1, 0.15) is 31.9 Å². The Hall–Kier alpha value is -2.70. The Labute approximate surface area is 189 Å². The Bertz CT molecular complexity index is 898. The van der Waals surface area contributed by atoms with Gasteiger partial charge in [-0.15, -0.1) is 0 Å². The summed E-state index contributed by atoms with van der Waals surface area (Å²) in [5, 5.41) is 10.3. The highest BCUT2D eigenvalue weighted by Gasteiger charge is 2.17. The minimum Gasteiger partial charge on any atom is -0.494 e. The summed E-state index contributed by atoms with van der Waals surface area (Å²) in [7, 11) is 1.52. The lowest BCUT2D eigenvalue weighted by molar-refractivity contribution is -0.127. The third-order valence-corrected chi connectivity index (χ3v) is 4.66. The second-order valence-corrected chi connectivity index (χ2v) is 7.32. The van der Waals surface area contributed by atoms with Gasteiger partial charge in [-0.2, -0.15) is 0 Å². The van der Waals surface area contributed by atoms with Gasteiger partial charge in [0.2, 0.25) is 5.91 Å². The van der Waals surface area contributed by atoms with E-state index in [4.69, 9.17) is 25.8 Å². The highest BCUT2D eigenvalue weighted by molar-refractivity contribution is 6.32. The van der Waals surface area contributed by atoms with E-state index in [1.54, 1.807) is 30.0 Å². The fourth-order valence-corrected chi connectivity index (χ4v) is 3.40. The quantitative estimate of drug-likeness (QED) is 0.511. The summed E-state index contributed by atoms with van der Waals surface area (Å²) in [5.41, 5.74) is 1.58. The number of hydrogen-bond acceptors (Lipinski definition) is 5. The van der Waals surface area contributed by atoms with Crippen LogP contribution in [0.5, 0.6) is 17.2 Å². The van der Waals surface area contributed by atoms with Gasteiger partial charge in [-0.3, -0.25) is 4.79 Å². The molecule has 0 fully saturated rings. The van der Waals surface area contributed by atoms with Crippen LogP contribution in [0, 0.1) is 0 Å². The molecule has 2 aromatic carbocycles. The van der Waals surface area contributed by atoms with E-state index in [1.165, 1.54) is 13.2 Å². The largest absolute Gasteiger partial charge is 0.494 e. The van der Waals surface area contributed by atoms with Crippen molar-refractivity contribution < 1.29 is 24.1 Å². The summed E-state index contributed by atoms with van der Waals surface area (Å²) in [6, 6.07) is 11.0. The summed E-state index contributed by atoms with van der Waals surface area (Å²) in [5.74, 6) is 1.45. The first-order valence-electron chi connectivity index (χ1n) is 10.3. The lowest BCUT2D eigenvalue weighted by Gasteiger charge is -2.24. The number of carbonyl (C=O) groups excluding carboxylic acids is 1. The molecule has 0 spiro atoms. The zero-order valence-electron chi connectivity index (χ0n) is 18.4. The second-order valence-electron chi connectivity index (χ2n) is 6.91. The first-order chi connectivity index (χ1) is 14.9. The summed E-state index contributed by atoms with van der Waals surface area (Å²) in [4.78, 5) is 14.5. The average molecular weight is 448 g/mol. The second kappa shape index (κ2) is 12.2. The predicted octanol–water partition coefficient (Wildman–Crippen LogP) is 4.57. The molecular weight excluding hydrogens is 418 g/mol. The maximum absolute atomic E-state index is 12.9. The van der Waals surface area contributed by atoms with Crippen molar-refractivity contribution in [3.63, 3.8) is 0 Å². The van der Waals surface area contributed by atoms with Gasteiger partial charge in [-0.05, 0) is 50.6 Å². The molecular formula is C24H30ClNO5. The molecule has 1 N–H and O–H groups in total. The molecule has 1 amide bonds. The molecule has 2 rings (SSSR count). The van der Waals surface area contributed by atoms with Crippen LogP contribution in [0.25, 0.3) is 6.08 Å². The van der Waals surface area contributed by atoms with Crippen molar-refractivity contribution in [1.29, 1.82) is 0 Å². The molecule has 0 aliphatic heterocycles. The maximum Gasteiger partial charge on any atom is 0.246 e. The number of hydrogen-bond donors (Lipinski definition) is 1. The Morgan fingerprint density at radius 3 is 2.48 bits per heavy atom. The van der Waals surface area contributed by atoms with Gasteiger partial charge >= 0.3 is 0 Å². The highest BCUT2D eigenvalue weighted by Crippen LogP contribution is 2.36. The van der Waals surface area contributed by atoms with Crippen LogP contribution >= 0.6 is 11.6 Å². The highest BCUT2D eigenvalue weighted by atomic mass is 35.5. The van der Waals surface area contributed by atoms with Crippen LogP contribution in [0.2, 0.25) is 5.02 Å². The number of aliphatic hydroxyl groups is 1. The van der Waals surface area contributed by atoms with Crippen LogP contribution in [-0.2, 0) is 11.3 Å². The molecule has 0 aliphatic rings. The van der Waals surface area contributed by atoms with E-state index < -0.39 is 6.10 Å². The van der Waals surface area contributed by atoms with Crippen molar-refractivity contribution in [3.8, 4) is 17.2 Å². The number of amides is 1. The normalized spacial score (nSPS) is 11.9. The van der Waals surface area contributed by atoms with Gasteiger partial charge in [0.05, 0.1) is 31.5 Å². The molecule has 0 unspecified atom stereocenters. The zero-order chi connectivity index (χ0) is 22.8. The number of benzene rings is 2. The molecule has 6 nitrogen and oxygen atoms in total. The maximum atomic E-state index is 12.9. The van der Waals surface area contributed by atoms with E-state index in [1.807, 2.05) is 38.1 Å². The van der Waals surface area contributed by atoms with Gasteiger partial charge < -0.3 is 24.2 Å². The number of methoxy groups -OCH3 is 1. The van der Waals surface area contributed by atoms with E-state index in [0.29, 0.717) is 41.8 Å². The Morgan fingerprint density at radius 1 is 1.16 bits per heavy atom. The fraction of sp³-hybridized carbons (Fsp3) is 0.375. The third-order valence-electron chi connectivity index (χ3n) is 4.38. The van der Waals surface area contributed by atoms with Gasteiger partial charge in [0, 0.05) is 24.7 Å². The molecule has 0 saturated carbocycles. The SMILES string of the molecule is CCOc1ccccc1CN(C[C@@H](C)O)C(=O)/C=C/c1cc(Cl)c(OC)c(OCC)c1. The Kier molecular flexibility index (Phi) is 9.69. The number of aliphatic hydroxyl groups excluding tert-OH is 1. The van der Waals surface area contributed by atoms with Crippen LogP contribution in [0.15, 0.2) is 42.5 Å². The van der Waals surface area contributed by atoms with Crippen molar-refractivity contribution in [2.75, 3.05) is 26.9 Å². The molecule has 0 bridgehead atoms. The van der Waals surface area contributed by atoms with Crippen LogP contribution in [0.3, 0.4) is 0 Å². The molecule has 0 radical (unpaired) electrons. The van der Waals surface area contributed by atoms with Crippen molar-refractivity contribution in [3.05, 3.63) is 58.6 Å². The molecule has 0 aromatic heterocycles. The minimum atomic E-state index is -0.670. The number of nitrogens with zero attached hydrogens (tertiary/aromatic N) is 1. The molecule has 0 heterocycles. The van der Waals surface area contributed by atoms with E-state index in [9.17, 15) is 9.90 Å². The van der Waals surface area contributed by atoms with E-state index >= 15 is 0 Å². The lowest BCUT2D eigenvalue weighted by atomic mass is 10.1. The number of para-hydroxylation sites is 1. The summed E-state index contributed by atoms with van der Waals surface area (Å²) in [6.45, 7) is 6.93. The van der Waals surface area contributed by atoms with Crippen molar-refractivity contribution >= 4 is 23.6 Å². The van der Waals surface area contributed by atoms with Crippen LogP contribution in [0.4, 0.5) is 0 Å². The average Bonchev–Trinajstić information content (AvgIpc) is 2.73. The monoisotopic (exact) mass is 447 g/mol. The standard InChI is InChI=1S/C24H30ClNO5/c1-5-30-21-10-8-7-9-19(21)16-26(15-17(3)27)23(28)12-11-18-13-20(25)24(29-4)22(14-18)31-6-2/h7-14,17,27H,5-6,15-16H2,1-4H3/b12-11+/t17-/m1/s1. The third kappa shape index (κ3) is 7.19. The zero-order valence-corrected chi connectivity index (χ0v) is 19.2. The lowest BCUT2D eigenvalue weighted by Crippen LogP contribution is -2.35. The molecule has 0 aliphatic carbocycles. The van der Waals surface area contributed by atoms with Gasteiger partial charge in [-0.25, -0.2) is 0 Å². The first kappa shape index (κ1) is 24.6. The predicted molar refractivity (Wildman–Crippen MR) is 123 cm³/mol. The van der Waals surface area contributed by atoms with Gasteiger partial charge in [0.15, 0.2) is 11.5 Å². The summed E-state index contributed by atoms with van der Waals surface area (Å²) < 4.78 is 16.5. The fourth-order valence-electron chi connectivity index (χ4n) is 3.11. The number of ether oxygens (including phenoxy) is 3. The summed E-state index contributed by atoms with van der Waals surface area (Å²) >= 11 is 6.29. The molecule has 1 atom stereocenters. The van der Waals surface area contributed by atoms with E-state index in [-0.39, 0.29) is 12.5 Å². The topological polar surface area (TPSA) is 68.2 Å². The molecule has 2 aromatic rings. The first-order valence-corrected chi connectivity index (χ1v) is 10.6. The molecule has 168 valence electrons. The molecule has 7 heteroatoms. The van der Waals surface area contributed by atoms with Gasteiger partial charge in [0.25, 0.3) is 0 Å². The minimum absolute atomic E-state index is 0.192. The molecule has 0 saturated heterocycles. The van der Waals surface area contributed by atoms with Crippen molar-refractivity contribution in [1.82, 2.24) is 4.90 Å². The van der Waals surface area contributed by atoms with Crippen molar-refractivity contribution in [2.24, 2.45) is 0 Å². The van der Waals surface area contributed by atoms with E-state index in [0.717, 1.165) is 11.3 Å². The Balaban J connectivity index is 2.25. The number of carbonyl (C=O) groups is 1. The number of halogens is 1. The van der Waals surface area contributed by atoms with Gasteiger partial charge in [0.1, 0.15) is 5.75 Å². The van der Waals surface area contributed by atoms with Crippen molar-refractivity contribution in [2.45, 2.75) is 33.4 Å². The smallest absolute Gasteiger partial charge is 0.246 e. The molecule has 31 heavy (non-hydrogen) atoms. The number of rotatable bonds is 11. The Morgan fingerprint density at radius 2 is 1.84 bits per heavy atom. The van der Waals surface area contributed by atoms with E-state index in [2.05, 4.69) is 0 Å². The van der Waals surface area contributed by atoms with Crippen LogP contribution < -0.4 is 14.2 Å².